The van der Waals surface area contributed by atoms with Crippen LogP contribution in [0.15, 0.2) is 4.99 Å². The molecule has 10 heavy (non-hydrogen) atoms. The third kappa shape index (κ3) is 5.48. The van der Waals surface area contributed by atoms with Gasteiger partial charge < -0.3 is 11.5 Å². The molecule has 6 nitrogen and oxygen atoms in total. The summed E-state index contributed by atoms with van der Waals surface area (Å²) in [5.41, 5.74) is 9.87. The van der Waals surface area contributed by atoms with Gasteiger partial charge in [-0.15, -0.1) is 0 Å². The third-order valence-electron chi connectivity index (χ3n) is 0.552. The largest absolute Gasteiger partial charge is 0.370 e. The number of guanidine groups is 1. The second kappa shape index (κ2) is 4.20. The molecule has 7 heteroatoms. The Hall–Kier alpha value is -0.660. The molecule has 0 spiro atoms. The van der Waals surface area contributed by atoms with Gasteiger partial charge in [-0.25, -0.2) is 9.18 Å². The van der Waals surface area contributed by atoms with E-state index in [1.54, 1.807) is 0 Å². The molecular formula is C3H9N3O3S. The van der Waals surface area contributed by atoms with E-state index in [1.165, 1.54) is 6.92 Å². The van der Waals surface area contributed by atoms with Crippen LogP contribution in [0.3, 0.4) is 0 Å². The van der Waals surface area contributed by atoms with E-state index in [0.717, 1.165) is 0 Å². The van der Waals surface area contributed by atoms with Gasteiger partial charge in [0, 0.05) is 0 Å². The van der Waals surface area contributed by atoms with Crippen molar-refractivity contribution in [2.45, 2.75) is 13.2 Å². The third-order valence-corrected chi connectivity index (χ3v) is 0.996. The number of nitrogens with zero attached hydrogens (tertiary/aromatic N) is 1. The van der Waals surface area contributed by atoms with Crippen LogP contribution in [0, 0.1) is 0 Å². The molecule has 0 aromatic rings. The van der Waals surface area contributed by atoms with Crippen molar-refractivity contribution in [2.24, 2.45) is 16.5 Å². The Morgan fingerprint density at radius 1 is 1.80 bits per heavy atom. The van der Waals surface area contributed by atoms with E-state index in [-0.39, 0.29) is 5.96 Å². The quantitative estimate of drug-likeness (QED) is 0.276. The van der Waals surface area contributed by atoms with Gasteiger partial charge in [-0.2, -0.15) is 4.21 Å². The number of rotatable bonds is 3. The second-order valence-electron chi connectivity index (χ2n) is 1.47. The van der Waals surface area contributed by atoms with E-state index >= 15 is 0 Å². The van der Waals surface area contributed by atoms with Gasteiger partial charge in [0.15, 0.2) is 12.2 Å². The average molecular weight is 167 g/mol. The molecule has 0 saturated heterocycles. The normalized spacial score (nSPS) is 15.8. The highest BCUT2D eigenvalue weighted by Crippen LogP contribution is 1.92. The van der Waals surface area contributed by atoms with Gasteiger partial charge in [0.25, 0.3) is 0 Å². The van der Waals surface area contributed by atoms with Crippen LogP contribution in [0.1, 0.15) is 6.92 Å². The number of hydrogen-bond donors (Lipinski definition) is 3. The predicted molar refractivity (Wildman–Crippen MR) is 37.1 cm³/mol. The monoisotopic (exact) mass is 167 g/mol. The molecule has 5 N–H and O–H groups in total. The highest BCUT2D eigenvalue weighted by atomic mass is 32.2. The summed E-state index contributed by atoms with van der Waals surface area (Å²) in [6, 6.07) is 0. The number of nitrogens with two attached hydrogens (primary N) is 2. The lowest BCUT2D eigenvalue weighted by Gasteiger charge is -2.02. The first-order valence-corrected chi connectivity index (χ1v) is 3.42. The minimum Gasteiger partial charge on any atom is -0.370 e. The lowest BCUT2D eigenvalue weighted by Crippen LogP contribution is -2.25. The van der Waals surface area contributed by atoms with Crippen LogP contribution < -0.4 is 11.5 Å². The molecule has 0 fully saturated rings. The van der Waals surface area contributed by atoms with Crippen molar-refractivity contribution in [2.75, 3.05) is 0 Å². The summed E-state index contributed by atoms with van der Waals surface area (Å²) in [6.45, 7) is 1.44. The molecule has 0 aromatic carbocycles. The van der Waals surface area contributed by atoms with Crippen LogP contribution in [-0.2, 0) is 15.5 Å². The van der Waals surface area contributed by atoms with Gasteiger partial charge in [-0.05, 0) is 6.92 Å². The summed E-state index contributed by atoms with van der Waals surface area (Å²) in [5.74, 6) is -0.182. The van der Waals surface area contributed by atoms with Crippen molar-refractivity contribution < 1.29 is 12.9 Å². The first-order chi connectivity index (χ1) is 4.52. The Kier molecular flexibility index (Phi) is 3.93. The first kappa shape index (κ1) is 9.34. The minimum absolute atomic E-state index is 0.182. The zero-order valence-corrected chi connectivity index (χ0v) is 6.17. The molecule has 0 radical (unpaired) electrons. The SMILES string of the molecule is C[C@H](N=C(N)N)OS(=O)O. The first-order valence-electron chi connectivity index (χ1n) is 2.39. The highest BCUT2D eigenvalue weighted by Gasteiger charge is 2.02. The van der Waals surface area contributed by atoms with Crippen LogP contribution in [0.25, 0.3) is 0 Å². The molecule has 0 aromatic heterocycles. The summed E-state index contributed by atoms with van der Waals surface area (Å²) in [7, 11) is 0. The minimum atomic E-state index is -2.33. The topological polar surface area (TPSA) is 111 Å². The summed E-state index contributed by atoms with van der Waals surface area (Å²) < 4.78 is 22.3. The molecule has 0 aliphatic rings. The maximum absolute atomic E-state index is 9.93. The molecule has 0 amide bonds. The Bertz CT molecular complexity index is 155. The molecule has 0 aliphatic carbocycles. The van der Waals surface area contributed by atoms with Gasteiger partial charge in [0.05, 0.1) is 0 Å². The number of hydrogen-bond acceptors (Lipinski definition) is 3. The summed E-state index contributed by atoms with van der Waals surface area (Å²) in [5, 5.41) is 0. The van der Waals surface area contributed by atoms with Crippen molar-refractivity contribution in [3.05, 3.63) is 0 Å². The second-order valence-corrected chi connectivity index (χ2v) is 2.09. The zero-order valence-electron chi connectivity index (χ0n) is 5.35. The Balaban J connectivity index is 3.75. The molecule has 0 bridgehead atoms. The summed E-state index contributed by atoms with van der Waals surface area (Å²) in [4.78, 5) is 3.41. The van der Waals surface area contributed by atoms with Gasteiger partial charge >= 0.3 is 11.4 Å². The Morgan fingerprint density at radius 2 is 2.30 bits per heavy atom. The van der Waals surface area contributed by atoms with Crippen LogP contribution in [0.4, 0.5) is 0 Å². The van der Waals surface area contributed by atoms with Crippen LogP contribution in [-0.4, -0.2) is 20.9 Å². The van der Waals surface area contributed by atoms with Gasteiger partial charge in [0.2, 0.25) is 0 Å². The van der Waals surface area contributed by atoms with E-state index in [0.29, 0.717) is 0 Å². The average Bonchev–Trinajstić information content (AvgIpc) is 1.58. The van der Waals surface area contributed by atoms with Crippen molar-refractivity contribution in [3.63, 3.8) is 0 Å². The molecule has 60 valence electrons. The standard InChI is InChI=1S/C3H9N3O3S/c1-2(6-3(4)5)9-10(7)8/h2H,1H3,(H,7,8)(H4,4,5,6)/t2-/m1/s1. The van der Waals surface area contributed by atoms with Crippen molar-refractivity contribution in [3.8, 4) is 0 Å². The van der Waals surface area contributed by atoms with Crippen molar-refractivity contribution in [1.29, 1.82) is 0 Å². The zero-order chi connectivity index (χ0) is 8.15. The number of aliphatic imine (C=N–C) groups is 1. The van der Waals surface area contributed by atoms with E-state index < -0.39 is 17.6 Å². The van der Waals surface area contributed by atoms with E-state index in [9.17, 15) is 4.21 Å². The molecule has 0 rings (SSSR count). The Morgan fingerprint density at radius 3 is 2.60 bits per heavy atom. The van der Waals surface area contributed by atoms with Crippen molar-refractivity contribution >= 4 is 17.3 Å². The maximum atomic E-state index is 9.93. The lowest BCUT2D eigenvalue weighted by atomic mass is 10.7. The highest BCUT2D eigenvalue weighted by molar-refractivity contribution is 7.74. The van der Waals surface area contributed by atoms with Crippen LogP contribution in [0.5, 0.6) is 0 Å². The van der Waals surface area contributed by atoms with E-state index in [4.69, 9.17) is 16.0 Å². The van der Waals surface area contributed by atoms with Gasteiger partial charge in [-0.3, -0.25) is 4.55 Å². The van der Waals surface area contributed by atoms with Gasteiger partial charge in [-0.1, -0.05) is 0 Å². The van der Waals surface area contributed by atoms with Gasteiger partial charge in [0.1, 0.15) is 0 Å². The van der Waals surface area contributed by atoms with E-state index in [1.807, 2.05) is 0 Å². The van der Waals surface area contributed by atoms with Crippen LogP contribution >= 0.6 is 0 Å². The molecule has 0 aliphatic heterocycles. The smallest absolute Gasteiger partial charge is 0.304 e. The summed E-state index contributed by atoms with van der Waals surface area (Å²) in [6.07, 6.45) is -0.796. The predicted octanol–water partition coefficient (Wildman–Crippen LogP) is -1.24. The molecular weight excluding hydrogens is 158 g/mol. The van der Waals surface area contributed by atoms with Crippen LogP contribution in [0.2, 0.25) is 0 Å². The fourth-order valence-electron chi connectivity index (χ4n) is 0.351. The fraction of sp³-hybridized carbons (Fsp3) is 0.667. The Labute approximate surface area is 60.7 Å². The molecule has 0 heterocycles. The molecule has 1 unspecified atom stereocenters. The fourth-order valence-corrected chi connectivity index (χ4v) is 0.632. The molecule has 0 saturated carbocycles. The lowest BCUT2D eigenvalue weighted by molar-refractivity contribution is 0.232. The summed E-state index contributed by atoms with van der Waals surface area (Å²) >= 11 is -2.33. The molecule has 2 atom stereocenters. The van der Waals surface area contributed by atoms with E-state index in [2.05, 4.69) is 9.18 Å². The van der Waals surface area contributed by atoms with Crippen molar-refractivity contribution in [1.82, 2.24) is 0 Å². The maximum Gasteiger partial charge on any atom is 0.304 e.